The van der Waals surface area contributed by atoms with Crippen molar-refractivity contribution in [2.24, 2.45) is 0 Å². The highest BCUT2D eigenvalue weighted by molar-refractivity contribution is 5.94. The number of hydrogen-bond donors (Lipinski definition) is 3. The molecule has 134 valence electrons. The van der Waals surface area contributed by atoms with Crippen molar-refractivity contribution in [3.05, 3.63) is 71.3 Å². The Kier molecular flexibility index (Phi) is 6.11. The van der Waals surface area contributed by atoms with Crippen LogP contribution in [0.2, 0.25) is 0 Å². The van der Waals surface area contributed by atoms with Crippen molar-refractivity contribution in [2.45, 2.75) is 18.1 Å². The van der Waals surface area contributed by atoms with E-state index >= 15 is 0 Å². The fourth-order valence-corrected chi connectivity index (χ4v) is 3.07. The zero-order valence-electron chi connectivity index (χ0n) is 13.3. The minimum Gasteiger partial charge on any atom is -0.389 e. The summed E-state index contributed by atoms with van der Waals surface area (Å²) in [4.78, 5) is 12.6. The summed E-state index contributed by atoms with van der Waals surface area (Å²) >= 11 is 0. The quantitative estimate of drug-likeness (QED) is 0.779. The molecular weight excluding hydrogens is 350 g/mol. The van der Waals surface area contributed by atoms with Crippen LogP contribution in [0.15, 0.2) is 48.5 Å². The number of carbonyl (C=O) groups excluding carboxylic acids is 1. The van der Waals surface area contributed by atoms with Gasteiger partial charge in [-0.2, -0.15) is 0 Å². The third kappa shape index (κ3) is 3.81. The zero-order chi connectivity index (χ0) is 17.2. The van der Waals surface area contributed by atoms with Gasteiger partial charge >= 0.3 is 0 Å². The van der Waals surface area contributed by atoms with Crippen LogP contribution in [0, 0.1) is 11.6 Å². The molecule has 0 radical (unpaired) electrons. The molecule has 1 aliphatic heterocycles. The molecule has 0 saturated carbocycles. The van der Waals surface area contributed by atoms with Gasteiger partial charge in [0.25, 0.3) is 5.91 Å². The van der Waals surface area contributed by atoms with Crippen LogP contribution in [0.4, 0.5) is 8.78 Å². The predicted octanol–water partition coefficient (Wildman–Crippen LogP) is 2.37. The van der Waals surface area contributed by atoms with E-state index in [0.717, 1.165) is 17.7 Å². The number of β-amino-alcohol motifs (C(OH)–C–C–N with tert-alkyl or cyclic N) is 1. The Labute approximate surface area is 150 Å². The van der Waals surface area contributed by atoms with Crippen LogP contribution in [0.1, 0.15) is 22.3 Å². The molecule has 1 amide bonds. The lowest BCUT2D eigenvalue weighted by atomic mass is 9.79. The molecule has 4 nitrogen and oxygen atoms in total. The predicted molar refractivity (Wildman–Crippen MR) is 92.7 cm³/mol. The number of amides is 1. The number of hydrogen-bond acceptors (Lipinski definition) is 3. The number of aliphatic hydroxyl groups excluding tert-OH is 1. The SMILES string of the molecule is Cl.O=C(N[C@]1(c2ccccc2)CCNC[C@H]1O)c1ccc(F)c(F)c1. The minimum atomic E-state index is -1.08. The van der Waals surface area contributed by atoms with Gasteiger partial charge in [0.1, 0.15) is 0 Å². The molecule has 1 aliphatic rings. The molecule has 3 N–H and O–H groups in total. The molecular formula is C18H19ClF2N2O2. The van der Waals surface area contributed by atoms with Gasteiger partial charge in [0.05, 0.1) is 11.6 Å². The number of rotatable bonds is 3. The van der Waals surface area contributed by atoms with Crippen LogP contribution in [0.3, 0.4) is 0 Å². The molecule has 2 aromatic carbocycles. The maximum Gasteiger partial charge on any atom is 0.252 e. The Hall–Kier alpha value is -2.02. The van der Waals surface area contributed by atoms with Crippen LogP contribution in [-0.4, -0.2) is 30.2 Å². The average Bonchev–Trinajstić information content (AvgIpc) is 2.60. The van der Waals surface area contributed by atoms with Crippen molar-refractivity contribution in [2.75, 3.05) is 13.1 Å². The van der Waals surface area contributed by atoms with Crippen LogP contribution < -0.4 is 10.6 Å². The first kappa shape index (κ1) is 19.3. The Morgan fingerprint density at radius 1 is 1.16 bits per heavy atom. The van der Waals surface area contributed by atoms with Gasteiger partial charge in [-0.3, -0.25) is 4.79 Å². The first-order valence-electron chi connectivity index (χ1n) is 7.75. The van der Waals surface area contributed by atoms with Gasteiger partial charge in [-0.25, -0.2) is 8.78 Å². The summed E-state index contributed by atoms with van der Waals surface area (Å²) in [5.41, 5.74) is -0.195. The van der Waals surface area contributed by atoms with E-state index in [9.17, 15) is 18.7 Å². The van der Waals surface area contributed by atoms with Crippen LogP contribution in [0.5, 0.6) is 0 Å². The summed E-state index contributed by atoms with van der Waals surface area (Å²) in [5.74, 6) is -2.65. The standard InChI is InChI=1S/C18H18F2N2O2.ClH/c19-14-7-6-12(10-15(14)20)17(24)22-18(8-9-21-11-16(18)23)13-4-2-1-3-5-13;/h1-7,10,16,21,23H,8-9,11H2,(H,22,24);1H/t16-,18+;/m1./s1. The summed E-state index contributed by atoms with van der Waals surface area (Å²) in [6, 6.07) is 12.2. The molecule has 0 aromatic heterocycles. The molecule has 3 rings (SSSR count). The topological polar surface area (TPSA) is 61.4 Å². The third-order valence-electron chi connectivity index (χ3n) is 4.41. The van der Waals surface area contributed by atoms with E-state index in [0.29, 0.717) is 19.5 Å². The van der Waals surface area contributed by atoms with E-state index in [1.54, 1.807) is 0 Å². The fraction of sp³-hybridized carbons (Fsp3) is 0.278. The van der Waals surface area contributed by atoms with E-state index in [-0.39, 0.29) is 18.0 Å². The van der Waals surface area contributed by atoms with Gasteiger partial charge in [0.15, 0.2) is 11.6 Å². The molecule has 25 heavy (non-hydrogen) atoms. The lowest BCUT2D eigenvalue weighted by Gasteiger charge is -2.43. The van der Waals surface area contributed by atoms with Gasteiger partial charge in [0.2, 0.25) is 0 Å². The van der Waals surface area contributed by atoms with Crippen LogP contribution >= 0.6 is 12.4 Å². The van der Waals surface area contributed by atoms with Crippen molar-refractivity contribution in [3.63, 3.8) is 0 Å². The molecule has 0 unspecified atom stereocenters. The van der Waals surface area contributed by atoms with Gasteiger partial charge in [-0.1, -0.05) is 30.3 Å². The lowest BCUT2D eigenvalue weighted by molar-refractivity contribution is 0.0289. The minimum absolute atomic E-state index is 0. The summed E-state index contributed by atoms with van der Waals surface area (Å²) < 4.78 is 26.5. The van der Waals surface area contributed by atoms with Crippen LogP contribution in [0.25, 0.3) is 0 Å². The number of benzene rings is 2. The zero-order valence-corrected chi connectivity index (χ0v) is 14.2. The first-order valence-corrected chi connectivity index (χ1v) is 7.75. The Morgan fingerprint density at radius 2 is 1.88 bits per heavy atom. The maximum atomic E-state index is 13.4. The van der Waals surface area contributed by atoms with E-state index in [1.165, 1.54) is 6.07 Å². The van der Waals surface area contributed by atoms with E-state index in [1.807, 2.05) is 30.3 Å². The molecule has 2 aromatic rings. The van der Waals surface area contributed by atoms with Gasteiger partial charge in [-0.05, 0) is 36.7 Å². The smallest absolute Gasteiger partial charge is 0.252 e. The van der Waals surface area contributed by atoms with Gasteiger partial charge in [-0.15, -0.1) is 12.4 Å². The van der Waals surface area contributed by atoms with Crippen molar-refractivity contribution < 1.29 is 18.7 Å². The first-order chi connectivity index (χ1) is 11.5. The van der Waals surface area contributed by atoms with Crippen molar-refractivity contribution in [1.29, 1.82) is 0 Å². The highest BCUT2D eigenvalue weighted by atomic mass is 35.5. The van der Waals surface area contributed by atoms with Crippen molar-refractivity contribution in [1.82, 2.24) is 10.6 Å². The largest absolute Gasteiger partial charge is 0.389 e. The lowest BCUT2D eigenvalue weighted by Crippen LogP contribution is -2.61. The molecule has 1 heterocycles. The third-order valence-corrected chi connectivity index (χ3v) is 4.41. The van der Waals surface area contributed by atoms with E-state index in [4.69, 9.17) is 0 Å². The summed E-state index contributed by atoms with van der Waals surface area (Å²) in [6.45, 7) is 0.941. The molecule has 1 fully saturated rings. The van der Waals surface area contributed by atoms with E-state index < -0.39 is 29.2 Å². The molecule has 7 heteroatoms. The Balaban J connectivity index is 0.00000225. The number of carbonyl (C=O) groups is 1. The Bertz CT molecular complexity index is 745. The monoisotopic (exact) mass is 368 g/mol. The summed E-state index contributed by atoms with van der Waals surface area (Å²) in [6.07, 6.45) is -0.365. The van der Waals surface area contributed by atoms with Crippen LogP contribution in [-0.2, 0) is 5.54 Å². The second-order valence-corrected chi connectivity index (χ2v) is 5.89. The second-order valence-electron chi connectivity index (χ2n) is 5.89. The highest BCUT2D eigenvalue weighted by Gasteiger charge is 2.42. The number of nitrogens with one attached hydrogen (secondary N) is 2. The second kappa shape index (κ2) is 7.91. The normalized spacial score (nSPS) is 22.8. The number of aliphatic hydroxyl groups is 1. The average molecular weight is 369 g/mol. The van der Waals surface area contributed by atoms with Gasteiger partial charge in [0, 0.05) is 12.1 Å². The molecule has 2 atom stereocenters. The number of piperidine rings is 1. The van der Waals surface area contributed by atoms with E-state index in [2.05, 4.69) is 10.6 Å². The highest BCUT2D eigenvalue weighted by Crippen LogP contribution is 2.31. The number of halogens is 3. The van der Waals surface area contributed by atoms with Crippen molar-refractivity contribution in [3.8, 4) is 0 Å². The molecule has 0 spiro atoms. The van der Waals surface area contributed by atoms with Crippen molar-refractivity contribution >= 4 is 18.3 Å². The molecule has 0 aliphatic carbocycles. The summed E-state index contributed by atoms with van der Waals surface area (Å²) in [5, 5.41) is 16.5. The molecule has 1 saturated heterocycles. The van der Waals surface area contributed by atoms with Gasteiger partial charge < -0.3 is 15.7 Å². The fourth-order valence-electron chi connectivity index (χ4n) is 3.07. The molecule has 0 bridgehead atoms. The maximum absolute atomic E-state index is 13.4. The Morgan fingerprint density at radius 3 is 2.52 bits per heavy atom. The summed E-state index contributed by atoms with van der Waals surface area (Å²) in [7, 11) is 0.